The van der Waals surface area contributed by atoms with Crippen molar-refractivity contribution in [3.05, 3.63) is 12.7 Å². The summed E-state index contributed by atoms with van der Waals surface area (Å²) in [6, 6.07) is -0.0921. The lowest BCUT2D eigenvalue weighted by Crippen LogP contribution is -2.35. The standard InChI is InChI=1S/C9H15NO3/c1-3-6(2)8-7(4-5-11)10-9(12)13-8/h3,6-8,11H,1,4-5H2,2H3,(H,10,12)/t6?,7-,8-/m1/s1. The number of alkyl carbamates (subject to hydrolysis) is 1. The van der Waals surface area contributed by atoms with Gasteiger partial charge in [-0.2, -0.15) is 0 Å². The summed E-state index contributed by atoms with van der Waals surface area (Å²) in [4.78, 5) is 10.9. The maximum Gasteiger partial charge on any atom is 0.407 e. The molecule has 74 valence electrons. The van der Waals surface area contributed by atoms with Crippen LogP contribution >= 0.6 is 0 Å². The van der Waals surface area contributed by atoms with E-state index in [2.05, 4.69) is 11.9 Å². The average molecular weight is 185 g/mol. The van der Waals surface area contributed by atoms with Gasteiger partial charge in [0.1, 0.15) is 6.10 Å². The summed E-state index contributed by atoms with van der Waals surface area (Å²) in [5, 5.41) is 11.4. The normalized spacial score (nSPS) is 29.2. The molecule has 3 atom stereocenters. The molecule has 1 amide bonds. The molecule has 4 nitrogen and oxygen atoms in total. The van der Waals surface area contributed by atoms with Gasteiger partial charge < -0.3 is 15.2 Å². The van der Waals surface area contributed by atoms with E-state index in [1.54, 1.807) is 6.08 Å². The van der Waals surface area contributed by atoms with Crippen molar-refractivity contribution in [2.24, 2.45) is 5.92 Å². The van der Waals surface area contributed by atoms with Crippen LogP contribution in [0, 0.1) is 5.92 Å². The van der Waals surface area contributed by atoms with Crippen LogP contribution in [-0.4, -0.2) is 30.0 Å². The van der Waals surface area contributed by atoms with Crippen LogP contribution in [0.5, 0.6) is 0 Å². The van der Waals surface area contributed by atoms with Crippen LogP contribution < -0.4 is 5.32 Å². The molecule has 0 spiro atoms. The first-order valence-corrected chi connectivity index (χ1v) is 4.39. The Hall–Kier alpha value is -1.03. The molecular formula is C9H15NO3. The molecule has 0 aromatic rings. The van der Waals surface area contributed by atoms with Crippen LogP contribution in [0.4, 0.5) is 4.79 Å². The molecule has 0 radical (unpaired) electrons. The van der Waals surface area contributed by atoms with Crippen molar-refractivity contribution in [3.8, 4) is 0 Å². The van der Waals surface area contributed by atoms with Crippen molar-refractivity contribution in [2.45, 2.75) is 25.5 Å². The molecule has 1 unspecified atom stereocenters. The third-order valence-electron chi connectivity index (χ3n) is 2.27. The van der Waals surface area contributed by atoms with Gasteiger partial charge in [-0.25, -0.2) is 4.79 Å². The molecule has 0 bridgehead atoms. The monoisotopic (exact) mass is 185 g/mol. The Labute approximate surface area is 77.6 Å². The van der Waals surface area contributed by atoms with Gasteiger partial charge in [0.2, 0.25) is 0 Å². The first-order valence-electron chi connectivity index (χ1n) is 4.39. The molecule has 1 fully saturated rings. The maximum absolute atomic E-state index is 10.9. The van der Waals surface area contributed by atoms with Gasteiger partial charge in [-0.05, 0) is 6.42 Å². The first-order chi connectivity index (χ1) is 6.19. The van der Waals surface area contributed by atoms with E-state index < -0.39 is 6.09 Å². The molecule has 1 aliphatic heterocycles. The fraction of sp³-hybridized carbons (Fsp3) is 0.667. The molecule has 1 rings (SSSR count). The maximum atomic E-state index is 10.9. The number of hydrogen-bond donors (Lipinski definition) is 2. The fourth-order valence-electron chi connectivity index (χ4n) is 1.46. The number of aliphatic hydroxyl groups is 1. The van der Waals surface area contributed by atoms with Gasteiger partial charge in [0.05, 0.1) is 6.04 Å². The number of nitrogens with one attached hydrogen (secondary N) is 1. The SMILES string of the molecule is C=CC(C)[C@H]1OC(=O)N[C@@H]1CCO. The van der Waals surface area contributed by atoms with E-state index in [0.717, 1.165) is 0 Å². The number of aliphatic hydroxyl groups excluding tert-OH is 1. The Bertz CT molecular complexity index is 205. The highest BCUT2D eigenvalue weighted by molar-refractivity contribution is 5.70. The molecule has 0 saturated carbocycles. The summed E-state index contributed by atoms with van der Waals surface area (Å²) >= 11 is 0. The number of rotatable bonds is 4. The lowest BCUT2D eigenvalue weighted by Gasteiger charge is -2.19. The Morgan fingerprint density at radius 2 is 2.54 bits per heavy atom. The fourth-order valence-corrected chi connectivity index (χ4v) is 1.46. The van der Waals surface area contributed by atoms with Gasteiger partial charge in [0, 0.05) is 12.5 Å². The number of carbonyl (C=O) groups excluding carboxylic acids is 1. The average Bonchev–Trinajstić information content (AvgIpc) is 2.46. The van der Waals surface area contributed by atoms with E-state index in [1.807, 2.05) is 6.92 Å². The highest BCUT2D eigenvalue weighted by Crippen LogP contribution is 2.20. The van der Waals surface area contributed by atoms with Crippen molar-refractivity contribution >= 4 is 6.09 Å². The molecular weight excluding hydrogens is 170 g/mol. The number of hydrogen-bond acceptors (Lipinski definition) is 3. The second-order valence-corrected chi connectivity index (χ2v) is 3.23. The van der Waals surface area contributed by atoms with Crippen molar-refractivity contribution in [3.63, 3.8) is 0 Å². The molecule has 1 saturated heterocycles. The molecule has 1 heterocycles. The Balaban J connectivity index is 2.59. The van der Waals surface area contributed by atoms with Crippen molar-refractivity contribution in [2.75, 3.05) is 6.61 Å². The molecule has 1 aliphatic rings. The topological polar surface area (TPSA) is 58.6 Å². The van der Waals surface area contributed by atoms with Gasteiger partial charge in [-0.3, -0.25) is 0 Å². The Kier molecular flexibility index (Phi) is 3.31. The molecule has 0 aliphatic carbocycles. The van der Waals surface area contributed by atoms with Crippen LogP contribution in [0.15, 0.2) is 12.7 Å². The molecule has 2 N–H and O–H groups in total. The van der Waals surface area contributed by atoms with E-state index in [-0.39, 0.29) is 24.7 Å². The zero-order chi connectivity index (χ0) is 9.84. The van der Waals surface area contributed by atoms with E-state index in [4.69, 9.17) is 9.84 Å². The smallest absolute Gasteiger partial charge is 0.407 e. The molecule has 13 heavy (non-hydrogen) atoms. The third kappa shape index (κ3) is 2.21. The largest absolute Gasteiger partial charge is 0.443 e. The van der Waals surface area contributed by atoms with E-state index >= 15 is 0 Å². The second-order valence-electron chi connectivity index (χ2n) is 3.23. The zero-order valence-electron chi connectivity index (χ0n) is 7.69. The minimum absolute atomic E-state index is 0.0503. The number of carbonyl (C=O) groups is 1. The van der Waals surface area contributed by atoms with Gasteiger partial charge in [0.15, 0.2) is 0 Å². The number of cyclic esters (lactones) is 1. The first kappa shape index (κ1) is 10.1. The van der Waals surface area contributed by atoms with E-state index in [0.29, 0.717) is 6.42 Å². The highest BCUT2D eigenvalue weighted by atomic mass is 16.6. The minimum Gasteiger partial charge on any atom is -0.443 e. The van der Waals surface area contributed by atoms with Gasteiger partial charge in [-0.15, -0.1) is 6.58 Å². The number of amides is 1. The Morgan fingerprint density at radius 1 is 1.85 bits per heavy atom. The summed E-state index contributed by atoms with van der Waals surface area (Å²) in [7, 11) is 0. The predicted octanol–water partition coefficient (Wildman–Crippen LogP) is 0.668. The van der Waals surface area contributed by atoms with Gasteiger partial charge in [-0.1, -0.05) is 13.0 Å². The van der Waals surface area contributed by atoms with Gasteiger partial charge in [0.25, 0.3) is 0 Å². The lowest BCUT2D eigenvalue weighted by atomic mass is 9.97. The van der Waals surface area contributed by atoms with Crippen LogP contribution in [0.25, 0.3) is 0 Å². The van der Waals surface area contributed by atoms with Crippen LogP contribution in [0.1, 0.15) is 13.3 Å². The summed E-state index contributed by atoms with van der Waals surface area (Å²) < 4.78 is 5.05. The van der Waals surface area contributed by atoms with Gasteiger partial charge >= 0.3 is 6.09 Å². The molecule has 0 aromatic heterocycles. The minimum atomic E-state index is -0.405. The van der Waals surface area contributed by atoms with Crippen molar-refractivity contribution in [1.29, 1.82) is 0 Å². The third-order valence-corrected chi connectivity index (χ3v) is 2.27. The predicted molar refractivity (Wildman–Crippen MR) is 48.3 cm³/mol. The van der Waals surface area contributed by atoms with Crippen molar-refractivity contribution in [1.82, 2.24) is 5.32 Å². The zero-order valence-corrected chi connectivity index (χ0v) is 7.69. The number of ether oxygens (including phenoxy) is 1. The van der Waals surface area contributed by atoms with Crippen LogP contribution in [0.3, 0.4) is 0 Å². The quantitative estimate of drug-likeness (QED) is 0.633. The highest BCUT2D eigenvalue weighted by Gasteiger charge is 2.35. The van der Waals surface area contributed by atoms with Crippen LogP contribution in [-0.2, 0) is 4.74 Å². The summed E-state index contributed by atoms with van der Waals surface area (Å²) in [6.07, 6.45) is 1.67. The second kappa shape index (κ2) is 4.28. The van der Waals surface area contributed by atoms with E-state index in [9.17, 15) is 4.79 Å². The summed E-state index contributed by atoms with van der Waals surface area (Å²) in [5.74, 6) is 0.107. The molecule has 0 aromatic carbocycles. The lowest BCUT2D eigenvalue weighted by molar-refractivity contribution is 0.104. The van der Waals surface area contributed by atoms with E-state index in [1.165, 1.54) is 0 Å². The summed E-state index contributed by atoms with van der Waals surface area (Å²) in [5.41, 5.74) is 0. The van der Waals surface area contributed by atoms with Crippen LogP contribution in [0.2, 0.25) is 0 Å². The van der Waals surface area contributed by atoms with Crippen molar-refractivity contribution < 1.29 is 14.6 Å². The molecule has 4 heteroatoms. The Morgan fingerprint density at radius 3 is 3.08 bits per heavy atom. The summed E-state index contributed by atoms with van der Waals surface area (Å²) in [6.45, 7) is 5.63.